The first-order chi connectivity index (χ1) is 5.96. The Kier molecular flexibility index (Phi) is 2.93. The summed E-state index contributed by atoms with van der Waals surface area (Å²) < 4.78 is 0. The van der Waals surface area contributed by atoms with Crippen molar-refractivity contribution in [1.82, 2.24) is 4.90 Å². The Labute approximate surface area is 78.2 Å². The maximum Gasteiger partial charge on any atom is 0.306 e. The predicted octanol–water partition coefficient (Wildman–Crippen LogP) is 0.306. The SMILES string of the molecule is CC1N(C)CCCC1(O)CC(=O)O. The Bertz CT molecular complexity index is 207. The molecule has 2 N–H and O–H groups in total. The Morgan fingerprint density at radius 1 is 1.69 bits per heavy atom. The summed E-state index contributed by atoms with van der Waals surface area (Å²) in [5.41, 5.74) is -1.04. The second-order valence-electron chi connectivity index (χ2n) is 3.93. The number of carbonyl (C=O) groups is 1. The van der Waals surface area contributed by atoms with E-state index in [2.05, 4.69) is 0 Å². The first kappa shape index (κ1) is 10.5. The van der Waals surface area contributed by atoms with Gasteiger partial charge in [-0.2, -0.15) is 0 Å². The van der Waals surface area contributed by atoms with Gasteiger partial charge >= 0.3 is 5.97 Å². The molecule has 0 aromatic carbocycles. The van der Waals surface area contributed by atoms with Gasteiger partial charge in [-0.05, 0) is 33.4 Å². The summed E-state index contributed by atoms with van der Waals surface area (Å²) in [5, 5.41) is 18.7. The molecule has 1 heterocycles. The van der Waals surface area contributed by atoms with Crippen LogP contribution in [0, 0.1) is 0 Å². The third-order valence-electron chi connectivity index (χ3n) is 3.02. The molecule has 0 saturated carbocycles. The van der Waals surface area contributed by atoms with E-state index in [1.54, 1.807) is 0 Å². The highest BCUT2D eigenvalue weighted by molar-refractivity contribution is 5.68. The second-order valence-corrected chi connectivity index (χ2v) is 3.93. The third-order valence-corrected chi connectivity index (χ3v) is 3.02. The lowest BCUT2D eigenvalue weighted by molar-refractivity contribution is -0.148. The predicted molar refractivity (Wildman–Crippen MR) is 48.5 cm³/mol. The number of aliphatic hydroxyl groups is 1. The summed E-state index contributed by atoms with van der Waals surface area (Å²) in [6.07, 6.45) is 1.30. The summed E-state index contributed by atoms with van der Waals surface area (Å²) in [5.74, 6) is -0.926. The van der Waals surface area contributed by atoms with E-state index in [0.717, 1.165) is 13.0 Å². The van der Waals surface area contributed by atoms with Crippen LogP contribution in [0.3, 0.4) is 0 Å². The summed E-state index contributed by atoms with van der Waals surface area (Å²) in [4.78, 5) is 12.6. The molecule has 2 atom stereocenters. The van der Waals surface area contributed by atoms with Gasteiger partial charge in [0.2, 0.25) is 0 Å². The molecule has 0 aromatic rings. The summed E-state index contributed by atoms with van der Waals surface area (Å²) in [6.45, 7) is 2.81. The maximum absolute atomic E-state index is 10.5. The summed E-state index contributed by atoms with van der Waals surface area (Å²) >= 11 is 0. The van der Waals surface area contributed by atoms with E-state index in [4.69, 9.17) is 5.11 Å². The van der Waals surface area contributed by atoms with Crippen LogP contribution >= 0.6 is 0 Å². The lowest BCUT2D eigenvalue weighted by Gasteiger charge is -2.43. The number of rotatable bonds is 2. The molecule has 1 rings (SSSR count). The van der Waals surface area contributed by atoms with Crippen LogP contribution in [-0.4, -0.2) is 46.3 Å². The van der Waals surface area contributed by atoms with E-state index < -0.39 is 11.6 Å². The molecule has 1 fully saturated rings. The number of carboxylic acids is 1. The van der Waals surface area contributed by atoms with Crippen LogP contribution in [0.25, 0.3) is 0 Å². The normalized spacial score (nSPS) is 36.1. The smallest absolute Gasteiger partial charge is 0.306 e. The molecule has 2 unspecified atom stereocenters. The lowest BCUT2D eigenvalue weighted by Crippen LogP contribution is -2.54. The van der Waals surface area contributed by atoms with Gasteiger partial charge in [0, 0.05) is 6.04 Å². The molecule has 76 valence electrons. The Morgan fingerprint density at radius 2 is 2.31 bits per heavy atom. The number of likely N-dealkylation sites (N-methyl/N-ethyl adjacent to an activating group) is 1. The van der Waals surface area contributed by atoms with E-state index >= 15 is 0 Å². The highest BCUT2D eigenvalue weighted by Gasteiger charge is 2.40. The van der Waals surface area contributed by atoms with Crippen LogP contribution < -0.4 is 0 Å². The monoisotopic (exact) mass is 187 g/mol. The Balaban J connectivity index is 2.69. The van der Waals surface area contributed by atoms with Crippen molar-refractivity contribution in [2.75, 3.05) is 13.6 Å². The topological polar surface area (TPSA) is 60.8 Å². The molecule has 1 aliphatic rings. The quantitative estimate of drug-likeness (QED) is 0.653. The third kappa shape index (κ3) is 2.19. The fourth-order valence-electron chi connectivity index (χ4n) is 1.95. The average molecular weight is 187 g/mol. The number of piperidine rings is 1. The van der Waals surface area contributed by atoms with E-state index in [0.29, 0.717) is 6.42 Å². The van der Waals surface area contributed by atoms with Crippen molar-refractivity contribution in [1.29, 1.82) is 0 Å². The zero-order valence-corrected chi connectivity index (χ0v) is 8.16. The van der Waals surface area contributed by atoms with Gasteiger partial charge in [-0.3, -0.25) is 4.79 Å². The maximum atomic E-state index is 10.5. The van der Waals surface area contributed by atoms with Crippen molar-refractivity contribution in [3.8, 4) is 0 Å². The number of nitrogens with zero attached hydrogens (tertiary/aromatic N) is 1. The van der Waals surface area contributed by atoms with E-state index in [9.17, 15) is 9.90 Å². The molecular formula is C9H17NO3. The van der Waals surface area contributed by atoms with Crippen molar-refractivity contribution in [2.24, 2.45) is 0 Å². The summed E-state index contributed by atoms with van der Waals surface area (Å²) in [6, 6.07) is -0.0719. The van der Waals surface area contributed by atoms with E-state index in [1.807, 2.05) is 18.9 Å². The minimum Gasteiger partial charge on any atom is -0.481 e. The minimum atomic E-state index is -1.04. The molecule has 0 radical (unpaired) electrons. The van der Waals surface area contributed by atoms with Gasteiger partial charge in [0.25, 0.3) is 0 Å². The molecular weight excluding hydrogens is 170 g/mol. The van der Waals surface area contributed by atoms with Crippen molar-refractivity contribution in [2.45, 2.75) is 37.8 Å². The fourth-order valence-corrected chi connectivity index (χ4v) is 1.95. The van der Waals surface area contributed by atoms with Gasteiger partial charge in [-0.1, -0.05) is 0 Å². The number of aliphatic carboxylic acids is 1. The van der Waals surface area contributed by atoms with E-state index in [1.165, 1.54) is 0 Å². The second kappa shape index (κ2) is 3.64. The first-order valence-electron chi connectivity index (χ1n) is 4.60. The van der Waals surface area contributed by atoms with Crippen LogP contribution in [0.15, 0.2) is 0 Å². The van der Waals surface area contributed by atoms with Gasteiger partial charge in [-0.15, -0.1) is 0 Å². The first-order valence-corrected chi connectivity index (χ1v) is 4.60. The molecule has 1 saturated heterocycles. The number of carboxylic acid groups (broad SMARTS) is 1. The lowest BCUT2D eigenvalue weighted by atomic mass is 9.83. The minimum absolute atomic E-state index is 0.0719. The number of hydrogen-bond acceptors (Lipinski definition) is 3. The standard InChI is InChI=1S/C9H17NO3/c1-7-9(13,6-8(11)12)4-3-5-10(7)2/h7,13H,3-6H2,1-2H3,(H,11,12). The van der Waals surface area contributed by atoms with Gasteiger partial charge < -0.3 is 15.1 Å². The molecule has 0 aromatic heterocycles. The van der Waals surface area contributed by atoms with Crippen LogP contribution in [-0.2, 0) is 4.79 Å². The average Bonchev–Trinajstić information content (AvgIpc) is 1.99. The van der Waals surface area contributed by atoms with Crippen molar-refractivity contribution in [3.63, 3.8) is 0 Å². The highest BCUT2D eigenvalue weighted by atomic mass is 16.4. The van der Waals surface area contributed by atoms with Crippen LogP contribution in [0.2, 0.25) is 0 Å². The van der Waals surface area contributed by atoms with Crippen LogP contribution in [0.5, 0.6) is 0 Å². The van der Waals surface area contributed by atoms with E-state index in [-0.39, 0.29) is 12.5 Å². The van der Waals surface area contributed by atoms with Gasteiger partial charge in [0.1, 0.15) is 0 Å². The molecule has 4 heteroatoms. The van der Waals surface area contributed by atoms with Crippen molar-refractivity contribution in [3.05, 3.63) is 0 Å². The van der Waals surface area contributed by atoms with Crippen LogP contribution in [0.1, 0.15) is 26.2 Å². The molecule has 4 nitrogen and oxygen atoms in total. The van der Waals surface area contributed by atoms with Crippen LogP contribution in [0.4, 0.5) is 0 Å². The highest BCUT2D eigenvalue weighted by Crippen LogP contribution is 2.29. The van der Waals surface area contributed by atoms with Gasteiger partial charge in [0.15, 0.2) is 0 Å². The van der Waals surface area contributed by atoms with Gasteiger partial charge in [0.05, 0.1) is 12.0 Å². The fraction of sp³-hybridized carbons (Fsp3) is 0.889. The molecule has 1 aliphatic heterocycles. The molecule has 13 heavy (non-hydrogen) atoms. The molecule has 0 bridgehead atoms. The molecule has 0 amide bonds. The summed E-state index contributed by atoms with van der Waals surface area (Å²) in [7, 11) is 1.91. The largest absolute Gasteiger partial charge is 0.481 e. The van der Waals surface area contributed by atoms with Gasteiger partial charge in [-0.25, -0.2) is 0 Å². The van der Waals surface area contributed by atoms with Crippen molar-refractivity contribution >= 4 is 5.97 Å². The van der Waals surface area contributed by atoms with Crippen molar-refractivity contribution < 1.29 is 15.0 Å². The zero-order chi connectivity index (χ0) is 10.1. The number of hydrogen-bond donors (Lipinski definition) is 2. The zero-order valence-electron chi connectivity index (χ0n) is 8.16. The molecule has 0 spiro atoms. The Hall–Kier alpha value is -0.610. The number of likely N-dealkylation sites (tertiary alicyclic amines) is 1. The Morgan fingerprint density at radius 3 is 2.85 bits per heavy atom. The molecule has 0 aliphatic carbocycles.